The topological polar surface area (TPSA) is 58.1 Å². The van der Waals surface area contributed by atoms with Crippen molar-refractivity contribution < 1.29 is 4.79 Å². The molecule has 1 aliphatic heterocycles. The molecule has 3 rings (SSSR count). The Morgan fingerprint density at radius 2 is 2.12 bits per heavy atom. The molecule has 24 heavy (non-hydrogen) atoms. The zero-order valence-corrected chi connectivity index (χ0v) is 14.5. The lowest BCUT2D eigenvalue weighted by molar-refractivity contribution is 0.0948. The van der Waals surface area contributed by atoms with Crippen LogP contribution in [0.15, 0.2) is 30.3 Å². The fourth-order valence-electron chi connectivity index (χ4n) is 3.18. The number of amides is 1. The Morgan fingerprint density at radius 3 is 2.92 bits per heavy atom. The van der Waals surface area contributed by atoms with E-state index < -0.39 is 0 Å². The normalized spacial score (nSPS) is 16.1. The lowest BCUT2D eigenvalue weighted by Crippen LogP contribution is -2.28. The monoisotopic (exact) mass is 324 g/mol. The maximum absolute atomic E-state index is 12.3. The molecule has 0 aliphatic carbocycles. The van der Waals surface area contributed by atoms with Gasteiger partial charge >= 0.3 is 0 Å². The van der Waals surface area contributed by atoms with Crippen LogP contribution in [0, 0.1) is 6.92 Å². The summed E-state index contributed by atoms with van der Waals surface area (Å²) in [6.45, 7) is 6.79. The van der Waals surface area contributed by atoms with Crippen LogP contribution >= 0.6 is 0 Å². The highest BCUT2D eigenvalue weighted by atomic mass is 16.1. The summed E-state index contributed by atoms with van der Waals surface area (Å²) in [6.07, 6.45) is 3.01. The molecule has 1 aliphatic rings. The third-order valence-corrected chi connectivity index (χ3v) is 4.33. The summed E-state index contributed by atoms with van der Waals surface area (Å²) in [5.74, 6) is 1.28. The molecule has 0 saturated heterocycles. The summed E-state index contributed by atoms with van der Waals surface area (Å²) in [5, 5.41) is 2.93. The Kier molecular flexibility index (Phi) is 4.79. The minimum Gasteiger partial charge on any atom is -0.351 e. The van der Waals surface area contributed by atoms with Crippen LogP contribution in [0.3, 0.4) is 0 Å². The fourth-order valence-corrected chi connectivity index (χ4v) is 3.18. The quantitative estimate of drug-likeness (QED) is 0.857. The molecular formula is C19H24N4O. The highest BCUT2D eigenvalue weighted by Gasteiger charge is 2.28. The molecule has 1 N–H and O–H groups in total. The molecule has 0 saturated carbocycles. The average Bonchev–Trinajstić information content (AvgIpc) is 2.90. The van der Waals surface area contributed by atoms with Gasteiger partial charge in [0.1, 0.15) is 17.3 Å². The molecule has 1 aromatic carbocycles. The number of unbranched alkanes of at least 4 members (excludes halogenated alkanes) is 1. The van der Waals surface area contributed by atoms with Gasteiger partial charge in [-0.05, 0) is 38.3 Å². The SMILES string of the molecule is CCCCNC(=O)c1cc(N2c3ccccc3CC2C)nc(C)n1. The van der Waals surface area contributed by atoms with E-state index in [1.807, 2.05) is 13.0 Å². The molecule has 2 aromatic rings. The largest absolute Gasteiger partial charge is 0.351 e. The molecule has 1 atom stereocenters. The first-order valence-corrected chi connectivity index (χ1v) is 8.61. The number of para-hydroxylation sites is 1. The molecule has 0 radical (unpaired) electrons. The van der Waals surface area contributed by atoms with Gasteiger partial charge in [-0.3, -0.25) is 4.79 Å². The van der Waals surface area contributed by atoms with Crippen molar-refractivity contribution in [1.82, 2.24) is 15.3 Å². The van der Waals surface area contributed by atoms with Crippen molar-refractivity contribution in [2.24, 2.45) is 0 Å². The lowest BCUT2D eigenvalue weighted by Gasteiger charge is -2.24. The van der Waals surface area contributed by atoms with Crippen molar-refractivity contribution in [2.45, 2.75) is 46.1 Å². The van der Waals surface area contributed by atoms with Crippen molar-refractivity contribution in [3.63, 3.8) is 0 Å². The first-order chi connectivity index (χ1) is 11.6. The van der Waals surface area contributed by atoms with Crippen LogP contribution < -0.4 is 10.2 Å². The van der Waals surface area contributed by atoms with Gasteiger partial charge in [0.05, 0.1) is 0 Å². The molecular weight excluding hydrogens is 300 g/mol. The molecule has 2 heterocycles. The number of hydrogen-bond acceptors (Lipinski definition) is 4. The Bertz CT molecular complexity index is 744. The smallest absolute Gasteiger partial charge is 0.270 e. The number of nitrogens with one attached hydrogen (secondary N) is 1. The third-order valence-electron chi connectivity index (χ3n) is 4.33. The fraction of sp³-hybridized carbons (Fsp3) is 0.421. The van der Waals surface area contributed by atoms with E-state index in [2.05, 4.69) is 52.2 Å². The number of anilines is 2. The number of benzene rings is 1. The molecule has 0 spiro atoms. The molecule has 1 amide bonds. The van der Waals surface area contributed by atoms with Gasteiger partial charge < -0.3 is 10.2 Å². The number of carbonyl (C=O) groups excluding carboxylic acids is 1. The Hall–Kier alpha value is -2.43. The number of nitrogens with zero attached hydrogens (tertiary/aromatic N) is 3. The summed E-state index contributed by atoms with van der Waals surface area (Å²) >= 11 is 0. The van der Waals surface area contributed by atoms with E-state index in [9.17, 15) is 4.79 Å². The van der Waals surface area contributed by atoms with Crippen LogP contribution in [0.5, 0.6) is 0 Å². The maximum Gasteiger partial charge on any atom is 0.270 e. The predicted octanol–water partition coefficient (Wildman–Crippen LogP) is 3.40. The summed E-state index contributed by atoms with van der Waals surface area (Å²) in [4.78, 5) is 23.4. The molecule has 5 nitrogen and oxygen atoms in total. The van der Waals surface area contributed by atoms with Crippen molar-refractivity contribution in [1.29, 1.82) is 0 Å². The average molecular weight is 324 g/mol. The Morgan fingerprint density at radius 1 is 1.33 bits per heavy atom. The van der Waals surface area contributed by atoms with E-state index in [1.54, 1.807) is 6.07 Å². The van der Waals surface area contributed by atoms with Crippen LogP contribution in [0.4, 0.5) is 11.5 Å². The van der Waals surface area contributed by atoms with Gasteiger partial charge in [0.25, 0.3) is 5.91 Å². The minimum absolute atomic E-state index is 0.129. The van der Waals surface area contributed by atoms with Crippen LogP contribution in [0.1, 0.15) is 48.6 Å². The van der Waals surface area contributed by atoms with Gasteiger partial charge in [-0.15, -0.1) is 0 Å². The summed E-state index contributed by atoms with van der Waals surface area (Å²) in [7, 11) is 0. The second-order valence-corrected chi connectivity index (χ2v) is 6.32. The molecule has 126 valence electrons. The molecule has 1 unspecified atom stereocenters. The first-order valence-electron chi connectivity index (χ1n) is 8.61. The van der Waals surface area contributed by atoms with E-state index in [0.29, 0.717) is 24.1 Å². The molecule has 1 aromatic heterocycles. The van der Waals surface area contributed by atoms with Crippen LogP contribution in [-0.4, -0.2) is 28.5 Å². The highest BCUT2D eigenvalue weighted by Crippen LogP contribution is 2.37. The standard InChI is InChI=1S/C19H24N4O/c1-4-5-10-20-19(24)16-12-18(22-14(3)21-16)23-13(2)11-15-8-6-7-9-17(15)23/h6-9,12-13H,4-5,10-11H2,1-3H3,(H,20,24). The van der Waals surface area contributed by atoms with Gasteiger partial charge in [0.15, 0.2) is 0 Å². The van der Waals surface area contributed by atoms with Crippen molar-refractivity contribution in [3.05, 3.63) is 47.4 Å². The number of fused-ring (bicyclic) bond motifs is 1. The van der Waals surface area contributed by atoms with Gasteiger partial charge in [-0.2, -0.15) is 0 Å². The summed E-state index contributed by atoms with van der Waals surface area (Å²) in [5.41, 5.74) is 2.92. The highest BCUT2D eigenvalue weighted by molar-refractivity contribution is 5.93. The summed E-state index contributed by atoms with van der Waals surface area (Å²) in [6, 6.07) is 10.5. The molecule has 5 heteroatoms. The minimum atomic E-state index is -0.129. The van der Waals surface area contributed by atoms with E-state index in [-0.39, 0.29) is 5.91 Å². The maximum atomic E-state index is 12.3. The second-order valence-electron chi connectivity index (χ2n) is 6.32. The number of rotatable bonds is 5. The van der Waals surface area contributed by atoms with Crippen LogP contribution in [0.25, 0.3) is 0 Å². The third kappa shape index (κ3) is 3.25. The second kappa shape index (κ2) is 6.99. The number of carbonyl (C=O) groups is 1. The van der Waals surface area contributed by atoms with E-state index >= 15 is 0 Å². The van der Waals surface area contributed by atoms with Gasteiger partial charge in [0.2, 0.25) is 0 Å². The zero-order chi connectivity index (χ0) is 17.1. The van der Waals surface area contributed by atoms with E-state index in [0.717, 1.165) is 25.1 Å². The van der Waals surface area contributed by atoms with Crippen molar-refractivity contribution >= 4 is 17.4 Å². The molecule has 0 bridgehead atoms. The van der Waals surface area contributed by atoms with Gasteiger partial charge in [0, 0.05) is 24.3 Å². The summed E-state index contributed by atoms with van der Waals surface area (Å²) < 4.78 is 0. The Balaban J connectivity index is 1.90. The van der Waals surface area contributed by atoms with E-state index in [4.69, 9.17) is 0 Å². The zero-order valence-electron chi connectivity index (χ0n) is 14.5. The van der Waals surface area contributed by atoms with Crippen molar-refractivity contribution in [3.8, 4) is 0 Å². The van der Waals surface area contributed by atoms with Crippen LogP contribution in [0.2, 0.25) is 0 Å². The van der Waals surface area contributed by atoms with Gasteiger partial charge in [-0.25, -0.2) is 9.97 Å². The van der Waals surface area contributed by atoms with Gasteiger partial charge in [-0.1, -0.05) is 31.5 Å². The van der Waals surface area contributed by atoms with E-state index in [1.165, 1.54) is 11.3 Å². The Labute approximate surface area is 143 Å². The predicted molar refractivity (Wildman–Crippen MR) is 95.8 cm³/mol. The van der Waals surface area contributed by atoms with Crippen LogP contribution in [-0.2, 0) is 6.42 Å². The number of hydrogen-bond donors (Lipinski definition) is 1. The lowest BCUT2D eigenvalue weighted by atomic mass is 10.1. The van der Waals surface area contributed by atoms with Crippen molar-refractivity contribution in [2.75, 3.05) is 11.4 Å². The molecule has 0 fully saturated rings. The number of aromatic nitrogens is 2. The first kappa shape index (κ1) is 16.4. The number of aryl methyl sites for hydroxylation is 1.